The van der Waals surface area contributed by atoms with E-state index in [-0.39, 0.29) is 11.7 Å². The molecule has 0 saturated carbocycles. The molecule has 0 aliphatic rings. The molecular weight excluding hydrogens is 345 g/mol. The molecule has 122 valence electrons. The Morgan fingerprint density at radius 2 is 1.75 bits per heavy atom. The number of furan rings is 1. The first-order valence-corrected chi connectivity index (χ1v) is 8.13. The van der Waals surface area contributed by atoms with Crippen LogP contribution < -0.4 is 5.32 Å². The summed E-state index contributed by atoms with van der Waals surface area (Å²) in [5.74, 6) is 0.494. The summed E-state index contributed by atoms with van der Waals surface area (Å²) in [5, 5.41) is 3.60. The van der Waals surface area contributed by atoms with E-state index in [1.54, 1.807) is 30.3 Å². The van der Waals surface area contributed by atoms with Gasteiger partial charge in [0.05, 0.1) is 10.7 Å². The fourth-order valence-corrected chi connectivity index (χ4v) is 2.74. The molecule has 2 aromatic carbocycles. The Labute approximate surface area is 150 Å². The zero-order valence-corrected chi connectivity index (χ0v) is 14.7. The van der Waals surface area contributed by atoms with Gasteiger partial charge >= 0.3 is 0 Å². The molecule has 0 aliphatic heterocycles. The van der Waals surface area contributed by atoms with Gasteiger partial charge in [0.2, 0.25) is 0 Å². The van der Waals surface area contributed by atoms with Gasteiger partial charge in [0.15, 0.2) is 5.76 Å². The van der Waals surface area contributed by atoms with E-state index in [2.05, 4.69) is 12.2 Å². The highest BCUT2D eigenvalue weighted by atomic mass is 35.5. The van der Waals surface area contributed by atoms with E-state index >= 15 is 0 Å². The molecule has 1 amide bonds. The second-order valence-corrected chi connectivity index (χ2v) is 6.38. The minimum Gasteiger partial charge on any atom is -0.451 e. The summed E-state index contributed by atoms with van der Waals surface area (Å²) < 4.78 is 5.68. The van der Waals surface area contributed by atoms with E-state index in [4.69, 9.17) is 27.6 Å². The van der Waals surface area contributed by atoms with Crippen LogP contribution in [0.25, 0.3) is 11.3 Å². The number of rotatable bonds is 3. The molecule has 5 heteroatoms. The molecule has 3 aromatic rings. The van der Waals surface area contributed by atoms with Crippen molar-refractivity contribution in [1.29, 1.82) is 0 Å². The van der Waals surface area contributed by atoms with Crippen LogP contribution in [0.2, 0.25) is 10.0 Å². The monoisotopic (exact) mass is 359 g/mol. The predicted molar refractivity (Wildman–Crippen MR) is 98.0 cm³/mol. The van der Waals surface area contributed by atoms with Gasteiger partial charge < -0.3 is 9.73 Å². The third kappa shape index (κ3) is 3.48. The van der Waals surface area contributed by atoms with Gasteiger partial charge in [0.1, 0.15) is 5.76 Å². The van der Waals surface area contributed by atoms with Gasteiger partial charge in [-0.05, 0) is 61.4 Å². The van der Waals surface area contributed by atoms with Gasteiger partial charge in [-0.1, -0.05) is 35.3 Å². The number of hydrogen-bond donors (Lipinski definition) is 1. The summed E-state index contributed by atoms with van der Waals surface area (Å²) >= 11 is 11.9. The normalized spacial score (nSPS) is 10.7. The number of hydrogen-bond acceptors (Lipinski definition) is 2. The summed E-state index contributed by atoms with van der Waals surface area (Å²) in [6.45, 7) is 4.09. The first-order valence-electron chi connectivity index (χ1n) is 7.38. The molecule has 1 N–H and O–H groups in total. The standard InChI is InChI=1S/C19H15Cl2NO2/c1-11-3-4-13(9-12(11)2)17-7-8-18(24-17)19(23)22-16-6-5-14(20)10-15(16)21/h3-10H,1-2H3,(H,22,23). The van der Waals surface area contributed by atoms with Crippen molar-refractivity contribution in [3.63, 3.8) is 0 Å². The van der Waals surface area contributed by atoms with Gasteiger partial charge in [-0.25, -0.2) is 0 Å². The Morgan fingerprint density at radius 1 is 0.958 bits per heavy atom. The van der Waals surface area contributed by atoms with Crippen molar-refractivity contribution in [2.45, 2.75) is 13.8 Å². The van der Waals surface area contributed by atoms with Crippen molar-refractivity contribution in [3.8, 4) is 11.3 Å². The van der Waals surface area contributed by atoms with Crippen LogP contribution in [0.3, 0.4) is 0 Å². The number of nitrogens with one attached hydrogen (secondary N) is 1. The first kappa shape index (κ1) is 16.6. The minimum atomic E-state index is -0.366. The summed E-state index contributed by atoms with van der Waals surface area (Å²) in [6.07, 6.45) is 0. The van der Waals surface area contributed by atoms with Gasteiger partial charge in [-0.3, -0.25) is 4.79 Å². The van der Waals surface area contributed by atoms with E-state index in [9.17, 15) is 4.79 Å². The molecule has 0 radical (unpaired) electrons. The van der Waals surface area contributed by atoms with Crippen LogP contribution in [-0.4, -0.2) is 5.91 Å². The average molecular weight is 360 g/mol. The zero-order chi connectivity index (χ0) is 17.3. The molecule has 0 aliphatic carbocycles. The van der Waals surface area contributed by atoms with Crippen molar-refractivity contribution < 1.29 is 9.21 Å². The number of aryl methyl sites for hydroxylation is 2. The zero-order valence-electron chi connectivity index (χ0n) is 13.2. The van der Waals surface area contributed by atoms with Crippen LogP contribution >= 0.6 is 23.2 Å². The van der Waals surface area contributed by atoms with Crippen molar-refractivity contribution in [2.24, 2.45) is 0 Å². The predicted octanol–water partition coefficient (Wildman–Crippen LogP) is 6.12. The van der Waals surface area contributed by atoms with Gasteiger partial charge in [0.25, 0.3) is 5.91 Å². The van der Waals surface area contributed by atoms with Crippen molar-refractivity contribution >= 4 is 34.8 Å². The Kier molecular flexibility index (Phi) is 4.65. The smallest absolute Gasteiger partial charge is 0.291 e. The second-order valence-electron chi connectivity index (χ2n) is 5.54. The lowest BCUT2D eigenvalue weighted by molar-refractivity contribution is 0.0997. The van der Waals surface area contributed by atoms with E-state index < -0.39 is 0 Å². The first-order chi connectivity index (χ1) is 11.4. The molecule has 0 atom stereocenters. The Balaban J connectivity index is 1.82. The number of anilines is 1. The number of carbonyl (C=O) groups excluding carboxylic acids is 1. The van der Waals surface area contributed by atoms with Gasteiger partial charge in [0, 0.05) is 10.6 Å². The maximum atomic E-state index is 12.3. The molecule has 24 heavy (non-hydrogen) atoms. The van der Waals surface area contributed by atoms with Crippen LogP contribution in [0.15, 0.2) is 52.9 Å². The highest BCUT2D eigenvalue weighted by Gasteiger charge is 2.14. The molecule has 0 saturated heterocycles. The van der Waals surface area contributed by atoms with Crippen LogP contribution in [0.1, 0.15) is 21.7 Å². The van der Waals surface area contributed by atoms with Crippen LogP contribution in [0.4, 0.5) is 5.69 Å². The number of benzene rings is 2. The lowest BCUT2D eigenvalue weighted by atomic mass is 10.1. The van der Waals surface area contributed by atoms with Crippen LogP contribution in [0, 0.1) is 13.8 Å². The number of amides is 1. The maximum absolute atomic E-state index is 12.3. The highest BCUT2D eigenvalue weighted by molar-refractivity contribution is 6.36. The van der Waals surface area contributed by atoms with E-state index in [1.165, 1.54) is 11.1 Å². The fourth-order valence-electron chi connectivity index (χ4n) is 2.28. The Bertz CT molecular complexity index is 915. The van der Waals surface area contributed by atoms with Crippen molar-refractivity contribution in [3.05, 3.63) is 75.5 Å². The SMILES string of the molecule is Cc1ccc(-c2ccc(C(=O)Nc3ccc(Cl)cc3Cl)o2)cc1C. The molecule has 0 bridgehead atoms. The van der Waals surface area contributed by atoms with Gasteiger partial charge in [-0.15, -0.1) is 0 Å². The molecular formula is C19H15Cl2NO2. The third-order valence-corrected chi connectivity index (χ3v) is 4.35. The van der Waals surface area contributed by atoms with E-state index in [0.29, 0.717) is 21.5 Å². The fraction of sp³-hybridized carbons (Fsp3) is 0.105. The summed E-state index contributed by atoms with van der Waals surface area (Å²) in [6, 6.07) is 14.3. The Hall–Kier alpha value is -2.23. The van der Waals surface area contributed by atoms with Gasteiger partial charge in [-0.2, -0.15) is 0 Å². The summed E-state index contributed by atoms with van der Waals surface area (Å²) in [5.41, 5.74) is 3.79. The quantitative estimate of drug-likeness (QED) is 0.611. The maximum Gasteiger partial charge on any atom is 0.291 e. The van der Waals surface area contributed by atoms with Crippen molar-refractivity contribution in [2.75, 3.05) is 5.32 Å². The molecule has 0 unspecified atom stereocenters. The van der Waals surface area contributed by atoms with Crippen molar-refractivity contribution in [1.82, 2.24) is 0 Å². The molecule has 1 aromatic heterocycles. The molecule has 3 rings (SSSR count). The molecule has 0 spiro atoms. The highest BCUT2D eigenvalue weighted by Crippen LogP contribution is 2.27. The second kappa shape index (κ2) is 6.71. The largest absolute Gasteiger partial charge is 0.451 e. The average Bonchev–Trinajstić information content (AvgIpc) is 3.03. The summed E-state index contributed by atoms with van der Waals surface area (Å²) in [4.78, 5) is 12.3. The minimum absolute atomic E-state index is 0.217. The lowest BCUT2D eigenvalue weighted by Crippen LogP contribution is -2.11. The Morgan fingerprint density at radius 3 is 2.46 bits per heavy atom. The molecule has 0 fully saturated rings. The lowest BCUT2D eigenvalue weighted by Gasteiger charge is -2.06. The third-order valence-electron chi connectivity index (χ3n) is 3.80. The summed E-state index contributed by atoms with van der Waals surface area (Å²) in [7, 11) is 0. The van der Waals surface area contributed by atoms with Crippen LogP contribution in [0.5, 0.6) is 0 Å². The van der Waals surface area contributed by atoms with E-state index in [1.807, 2.05) is 25.1 Å². The number of carbonyl (C=O) groups is 1. The number of halogens is 2. The molecule has 3 nitrogen and oxygen atoms in total. The molecule has 1 heterocycles. The van der Waals surface area contributed by atoms with Crippen LogP contribution in [-0.2, 0) is 0 Å². The topological polar surface area (TPSA) is 42.2 Å². The van der Waals surface area contributed by atoms with E-state index in [0.717, 1.165) is 5.56 Å².